The zero-order valence-corrected chi connectivity index (χ0v) is 19.1. The van der Waals surface area contributed by atoms with Gasteiger partial charge in [-0.05, 0) is 57.1 Å². The molecule has 4 rings (SSSR count). The smallest absolute Gasteiger partial charge is 0.213 e. The van der Waals surface area contributed by atoms with Crippen molar-refractivity contribution in [2.45, 2.75) is 23.7 Å². The van der Waals surface area contributed by atoms with Gasteiger partial charge in [0, 0.05) is 16.0 Å². The van der Waals surface area contributed by atoms with Gasteiger partial charge in [0.05, 0.1) is 14.4 Å². The Bertz CT molecular complexity index is 1140. The summed E-state index contributed by atoms with van der Waals surface area (Å²) >= 11 is 6.90. The lowest BCUT2D eigenvalue weighted by atomic mass is 9.91. The first-order chi connectivity index (χ1) is 13.4. The van der Waals surface area contributed by atoms with E-state index in [4.69, 9.17) is 9.88 Å². The zero-order valence-electron chi connectivity index (χ0n) is 15.0. The van der Waals surface area contributed by atoms with Crippen molar-refractivity contribution in [3.8, 4) is 16.9 Å². The van der Waals surface area contributed by atoms with E-state index in [1.807, 2.05) is 42.5 Å². The number of thioether (sulfide) groups is 1. The second kappa shape index (κ2) is 7.84. The lowest BCUT2D eigenvalue weighted by Gasteiger charge is -2.30. The fourth-order valence-corrected chi connectivity index (χ4v) is 6.36. The Labute approximate surface area is 181 Å². The summed E-state index contributed by atoms with van der Waals surface area (Å²) in [6.45, 7) is 2.12. The van der Waals surface area contributed by atoms with Crippen LogP contribution in [-0.4, -0.2) is 14.2 Å². The monoisotopic (exact) mass is 495 g/mol. The van der Waals surface area contributed by atoms with Crippen LogP contribution in [0.2, 0.25) is 0 Å². The van der Waals surface area contributed by atoms with Gasteiger partial charge >= 0.3 is 0 Å². The molecule has 1 aliphatic heterocycles. The van der Waals surface area contributed by atoms with E-state index in [0.29, 0.717) is 5.56 Å². The predicted octanol–water partition coefficient (Wildman–Crippen LogP) is 5.56. The second-order valence-electron chi connectivity index (χ2n) is 6.43. The molecular formula is C20H18BrNO3S3. The minimum absolute atomic E-state index is 0.195. The summed E-state index contributed by atoms with van der Waals surface area (Å²) in [5.41, 5.74) is 3.77. The molecule has 8 heteroatoms. The first kappa shape index (κ1) is 20.0. The lowest BCUT2D eigenvalue weighted by molar-refractivity contribution is 0.246. The third-order valence-electron chi connectivity index (χ3n) is 4.42. The number of hydrogen-bond donors (Lipinski definition) is 1. The van der Waals surface area contributed by atoms with Gasteiger partial charge in [0.1, 0.15) is 5.75 Å². The van der Waals surface area contributed by atoms with Gasteiger partial charge in [0.2, 0.25) is 10.0 Å². The molecule has 1 aromatic heterocycles. The van der Waals surface area contributed by atoms with Crippen LogP contribution < -0.4 is 9.88 Å². The Hall–Kier alpha value is -1.32. The lowest BCUT2D eigenvalue weighted by Crippen LogP contribution is -2.17. The van der Waals surface area contributed by atoms with Gasteiger partial charge in [-0.15, -0.1) is 23.1 Å². The van der Waals surface area contributed by atoms with Crippen LogP contribution in [0.3, 0.4) is 0 Å². The average molecular weight is 496 g/mol. The van der Waals surface area contributed by atoms with Gasteiger partial charge in [-0.2, -0.15) is 0 Å². The number of sulfonamides is 1. The molecule has 1 atom stereocenters. The molecule has 28 heavy (non-hydrogen) atoms. The molecule has 1 unspecified atom stereocenters. The highest BCUT2D eigenvalue weighted by molar-refractivity contribution is 9.11. The maximum absolute atomic E-state index is 11.6. The molecule has 0 amide bonds. The molecule has 0 aliphatic carbocycles. The molecule has 2 heterocycles. The van der Waals surface area contributed by atoms with E-state index in [1.54, 1.807) is 23.1 Å². The molecule has 4 nitrogen and oxygen atoms in total. The summed E-state index contributed by atoms with van der Waals surface area (Å²) in [6, 6.07) is 15.9. The molecule has 0 radical (unpaired) electrons. The number of halogens is 1. The maximum Gasteiger partial charge on any atom is 0.213 e. The third-order valence-corrected chi connectivity index (χ3v) is 7.76. The fraction of sp³-hybridized carbons (Fsp3) is 0.200. The predicted molar refractivity (Wildman–Crippen MR) is 120 cm³/mol. The summed E-state index contributed by atoms with van der Waals surface area (Å²) < 4.78 is 30.6. The third kappa shape index (κ3) is 4.02. The van der Waals surface area contributed by atoms with Crippen LogP contribution in [0.15, 0.2) is 57.2 Å². The van der Waals surface area contributed by atoms with Crippen molar-refractivity contribution < 1.29 is 13.2 Å². The van der Waals surface area contributed by atoms with E-state index < -0.39 is 10.0 Å². The van der Waals surface area contributed by atoms with Crippen LogP contribution in [0.4, 0.5) is 0 Å². The zero-order chi connectivity index (χ0) is 19.9. The van der Waals surface area contributed by atoms with Crippen molar-refractivity contribution in [2.24, 2.45) is 5.14 Å². The van der Waals surface area contributed by atoms with Gasteiger partial charge in [0.25, 0.3) is 0 Å². The van der Waals surface area contributed by atoms with Crippen molar-refractivity contribution in [3.05, 3.63) is 68.3 Å². The molecule has 0 saturated carbocycles. The number of rotatable bonds is 5. The van der Waals surface area contributed by atoms with Gasteiger partial charge in [-0.25, -0.2) is 13.6 Å². The Morgan fingerprint density at radius 3 is 2.71 bits per heavy atom. The van der Waals surface area contributed by atoms with E-state index in [-0.39, 0.29) is 11.9 Å². The minimum atomic E-state index is -3.61. The number of fused-ring (bicyclic) bond motifs is 3. The first-order valence-corrected chi connectivity index (χ1v) is 13.0. The van der Waals surface area contributed by atoms with Crippen molar-refractivity contribution in [2.75, 3.05) is 5.75 Å². The van der Waals surface area contributed by atoms with Crippen molar-refractivity contribution >= 4 is 49.1 Å². The molecule has 0 fully saturated rings. The van der Waals surface area contributed by atoms with Crippen LogP contribution in [0, 0.1) is 0 Å². The topological polar surface area (TPSA) is 69.4 Å². The van der Waals surface area contributed by atoms with Gasteiger partial charge in [-0.1, -0.05) is 31.2 Å². The molecule has 1 aliphatic rings. The summed E-state index contributed by atoms with van der Waals surface area (Å²) in [5, 5.41) is 5.27. The molecule has 0 spiro atoms. The van der Waals surface area contributed by atoms with E-state index in [1.165, 1.54) is 0 Å². The van der Waals surface area contributed by atoms with E-state index in [0.717, 1.165) is 41.8 Å². The summed E-state index contributed by atoms with van der Waals surface area (Å²) in [4.78, 5) is 2.21. The first-order valence-electron chi connectivity index (χ1n) is 8.67. The van der Waals surface area contributed by atoms with Crippen LogP contribution in [-0.2, 0) is 15.8 Å². The van der Waals surface area contributed by atoms with Crippen LogP contribution >= 0.6 is 39.0 Å². The summed E-state index contributed by atoms with van der Waals surface area (Å²) in [6.07, 6.45) is -0.291. The van der Waals surface area contributed by atoms with Gasteiger partial charge in [-0.3, -0.25) is 0 Å². The van der Waals surface area contributed by atoms with Gasteiger partial charge in [0.15, 0.2) is 6.10 Å². The van der Waals surface area contributed by atoms with Crippen molar-refractivity contribution in [1.29, 1.82) is 0 Å². The fourth-order valence-electron chi connectivity index (χ4n) is 3.40. The highest BCUT2D eigenvalue weighted by Gasteiger charge is 2.30. The van der Waals surface area contributed by atoms with E-state index >= 15 is 0 Å². The average Bonchev–Trinajstić information content (AvgIpc) is 3.06. The molecule has 3 aromatic rings. The number of hydrogen-bond acceptors (Lipinski definition) is 5. The second-order valence-corrected chi connectivity index (χ2v) is 11.8. The Balaban J connectivity index is 1.91. The Kier molecular flexibility index (Phi) is 5.59. The van der Waals surface area contributed by atoms with Crippen LogP contribution in [0.5, 0.6) is 5.75 Å². The van der Waals surface area contributed by atoms with Crippen molar-refractivity contribution in [3.63, 3.8) is 0 Å². The summed E-state index contributed by atoms with van der Waals surface area (Å²) in [7, 11) is -3.61. The quantitative estimate of drug-likeness (QED) is 0.470. The van der Waals surface area contributed by atoms with Crippen LogP contribution in [0.25, 0.3) is 11.1 Å². The highest BCUT2D eigenvalue weighted by Crippen LogP contribution is 2.50. The van der Waals surface area contributed by atoms with Crippen molar-refractivity contribution in [1.82, 2.24) is 0 Å². The number of thiophene rings is 1. The van der Waals surface area contributed by atoms with E-state index in [9.17, 15) is 8.42 Å². The largest absolute Gasteiger partial charge is 0.479 e. The van der Waals surface area contributed by atoms with Crippen LogP contribution in [0.1, 0.15) is 29.0 Å². The SMILES string of the molecule is CCSc1cccc2c1-c1ccc(CS(N)(=O)=O)cc1C(c1ccc(Br)s1)O2. The Morgan fingerprint density at radius 2 is 2.04 bits per heavy atom. The molecule has 2 N–H and O–H groups in total. The number of nitrogens with two attached hydrogens (primary N) is 1. The minimum Gasteiger partial charge on any atom is -0.479 e. The highest BCUT2D eigenvalue weighted by atomic mass is 79.9. The normalized spacial score (nSPS) is 15.6. The molecule has 0 saturated heterocycles. The summed E-state index contributed by atoms with van der Waals surface area (Å²) in [5.74, 6) is 1.61. The number of benzene rings is 2. The maximum atomic E-state index is 11.6. The standard InChI is InChI=1S/C20H18BrNO3S3/c1-2-26-16-5-3-4-15-19(16)13-7-6-12(11-28(22,23)24)10-14(13)20(25-15)17-8-9-18(21)27-17/h3-10,20H,2,11H2,1H3,(H2,22,23,24). The molecule has 0 bridgehead atoms. The molecule has 2 aromatic carbocycles. The number of ether oxygens (including phenoxy) is 1. The van der Waals surface area contributed by atoms with E-state index in [2.05, 4.69) is 28.9 Å². The molecule has 146 valence electrons. The Morgan fingerprint density at radius 1 is 1.21 bits per heavy atom. The van der Waals surface area contributed by atoms with Gasteiger partial charge < -0.3 is 4.74 Å². The molecular weight excluding hydrogens is 478 g/mol. The number of primary sulfonamides is 1.